The lowest BCUT2D eigenvalue weighted by atomic mass is 10.2. The van der Waals surface area contributed by atoms with Gasteiger partial charge < -0.3 is 5.73 Å². The first-order chi connectivity index (χ1) is 9.19. The standard InChI is InChI=1S/C14H16N4S/c1-3-10-6-7-19-12(10)8-18-13-11(17-14(18)15)5-4-9(2)16-13/h4-7H,3,8H2,1-2H3,(H2,15,17). The van der Waals surface area contributed by atoms with Gasteiger partial charge in [-0.05, 0) is 42.5 Å². The number of rotatable bonds is 3. The molecule has 0 aliphatic heterocycles. The van der Waals surface area contributed by atoms with Crippen LogP contribution >= 0.6 is 11.3 Å². The minimum Gasteiger partial charge on any atom is -0.369 e. The zero-order chi connectivity index (χ0) is 13.4. The largest absolute Gasteiger partial charge is 0.369 e. The van der Waals surface area contributed by atoms with E-state index in [-0.39, 0.29) is 0 Å². The molecule has 0 spiro atoms. The third kappa shape index (κ3) is 2.10. The van der Waals surface area contributed by atoms with Crippen LogP contribution in [-0.2, 0) is 13.0 Å². The van der Waals surface area contributed by atoms with Crippen molar-refractivity contribution in [3.63, 3.8) is 0 Å². The molecule has 98 valence electrons. The average Bonchev–Trinajstić information content (AvgIpc) is 2.96. The molecule has 0 bridgehead atoms. The summed E-state index contributed by atoms with van der Waals surface area (Å²) < 4.78 is 1.99. The lowest BCUT2D eigenvalue weighted by Crippen LogP contribution is -2.05. The number of fused-ring (bicyclic) bond motifs is 1. The number of nitrogens with two attached hydrogens (primary N) is 1. The highest BCUT2D eigenvalue weighted by Crippen LogP contribution is 2.23. The first-order valence-electron chi connectivity index (χ1n) is 6.33. The van der Waals surface area contributed by atoms with E-state index in [1.165, 1.54) is 10.4 Å². The molecule has 0 aliphatic rings. The Morgan fingerprint density at radius 2 is 2.11 bits per heavy atom. The number of anilines is 1. The molecule has 3 heterocycles. The summed E-state index contributed by atoms with van der Waals surface area (Å²) in [6.07, 6.45) is 1.04. The molecule has 3 rings (SSSR count). The van der Waals surface area contributed by atoms with E-state index in [9.17, 15) is 0 Å². The van der Waals surface area contributed by atoms with Crippen LogP contribution in [0.1, 0.15) is 23.1 Å². The molecule has 3 aromatic rings. The van der Waals surface area contributed by atoms with Crippen LogP contribution in [0.25, 0.3) is 11.2 Å². The highest BCUT2D eigenvalue weighted by atomic mass is 32.1. The molecular formula is C14H16N4S. The van der Waals surface area contributed by atoms with Crippen LogP contribution in [0.15, 0.2) is 23.6 Å². The Kier molecular flexibility index (Phi) is 2.98. The normalized spacial score (nSPS) is 11.3. The van der Waals surface area contributed by atoms with Crippen molar-refractivity contribution in [3.05, 3.63) is 39.7 Å². The van der Waals surface area contributed by atoms with E-state index in [1.54, 1.807) is 11.3 Å². The summed E-state index contributed by atoms with van der Waals surface area (Å²) >= 11 is 1.76. The fourth-order valence-corrected chi connectivity index (χ4v) is 3.20. The Morgan fingerprint density at radius 1 is 1.26 bits per heavy atom. The quantitative estimate of drug-likeness (QED) is 0.797. The minimum atomic E-state index is 0.531. The van der Waals surface area contributed by atoms with Gasteiger partial charge >= 0.3 is 0 Å². The second-order valence-corrected chi connectivity index (χ2v) is 5.57. The zero-order valence-corrected chi connectivity index (χ0v) is 11.9. The number of pyridine rings is 1. The van der Waals surface area contributed by atoms with Gasteiger partial charge in [0.1, 0.15) is 5.52 Å². The third-order valence-corrected chi connectivity index (χ3v) is 4.23. The molecule has 0 radical (unpaired) electrons. The van der Waals surface area contributed by atoms with E-state index in [4.69, 9.17) is 5.73 Å². The predicted molar refractivity (Wildman–Crippen MR) is 79.5 cm³/mol. The number of aromatic nitrogens is 3. The van der Waals surface area contributed by atoms with E-state index in [1.807, 2.05) is 23.6 Å². The fraction of sp³-hybridized carbons (Fsp3) is 0.286. The van der Waals surface area contributed by atoms with Gasteiger partial charge in [0.25, 0.3) is 0 Å². The van der Waals surface area contributed by atoms with Crippen LogP contribution in [0.2, 0.25) is 0 Å². The molecule has 0 fully saturated rings. The number of nitrogens with zero attached hydrogens (tertiary/aromatic N) is 3. The molecule has 0 atom stereocenters. The van der Waals surface area contributed by atoms with E-state index >= 15 is 0 Å². The SMILES string of the molecule is CCc1ccsc1Cn1c(N)nc2ccc(C)nc21. The average molecular weight is 272 g/mol. The molecule has 0 saturated carbocycles. The number of hydrogen-bond acceptors (Lipinski definition) is 4. The topological polar surface area (TPSA) is 56.7 Å². The van der Waals surface area contributed by atoms with Gasteiger partial charge in [-0.25, -0.2) is 9.97 Å². The molecular weight excluding hydrogens is 256 g/mol. The van der Waals surface area contributed by atoms with Crippen LogP contribution in [0, 0.1) is 6.92 Å². The van der Waals surface area contributed by atoms with Crippen molar-refractivity contribution in [3.8, 4) is 0 Å². The van der Waals surface area contributed by atoms with E-state index in [0.717, 1.165) is 29.8 Å². The second-order valence-electron chi connectivity index (χ2n) is 4.57. The maximum absolute atomic E-state index is 6.03. The van der Waals surface area contributed by atoms with Gasteiger partial charge in [-0.1, -0.05) is 6.92 Å². The Balaban J connectivity index is 2.09. The summed E-state index contributed by atoms with van der Waals surface area (Å²) in [4.78, 5) is 10.3. The third-order valence-electron chi connectivity index (χ3n) is 3.28. The molecule has 0 amide bonds. The van der Waals surface area contributed by atoms with E-state index < -0.39 is 0 Å². The van der Waals surface area contributed by atoms with Crippen molar-refractivity contribution in [2.45, 2.75) is 26.8 Å². The van der Waals surface area contributed by atoms with Gasteiger partial charge in [0.15, 0.2) is 5.65 Å². The number of imidazole rings is 1. The minimum absolute atomic E-state index is 0.531. The Labute approximate surface area is 115 Å². The molecule has 0 aliphatic carbocycles. The summed E-state index contributed by atoms with van der Waals surface area (Å²) in [6.45, 7) is 4.90. The molecule has 5 heteroatoms. The molecule has 19 heavy (non-hydrogen) atoms. The van der Waals surface area contributed by atoms with Gasteiger partial charge in [-0.3, -0.25) is 4.57 Å². The van der Waals surface area contributed by atoms with E-state index in [2.05, 4.69) is 28.3 Å². The summed E-state index contributed by atoms with van der Waals surface area (Å²) in [5.74, 6) is 0.531. The molecule has 4 nitrogen and oxygen atoms in total. The maximum atomic E-state index is 6.03. The zero-order valence-electron chi connectivity index (χ0n) is 11.1. The highest BCUT2D eigenvalue weighted by molar-refractivity contribution is 7.10. The molecule has 0 unspecified atom stereocenters. The Bertz CT molecular complexity index is 726. The molecule has 0 saturated heterocycles. The summed E-state index contributed by atoms with van der Waals surface area (Å²) in [7, 11) is 0. The van der Waals surface area contributed by atoms with Crippen LogP contribution in [-0.4, -0.2) is 14.5 Å². The summed E-state index contributed by atoms with van der Waals surface area (Å²) in [5, 5.41) is 2.13. The number of thiophene rings is 1. The van der Waals surface area contributed by atoms with Crippen molar-refractivity contribution < 1.29 is 0 Å². The highest BCUT2D eigenvalue weighted by Gasteiger charge is 2.12. The van der Waals surface area contributed by atoms with Gasteiger partial charge in [0.2, 0.25) is 5.95 Å². The van der Waals surface area contributed by atoms with Crippen molar-refractivity contribution in [1.82, 2.24) is 14.5 Å². The fourth-order valence-electron chi connectivity index (χ4n) is 2.23. The molecule has 0 aromatic carbocycles. The predicted octanol–water partition coefficient (Wildman–Crippen LogP) is 2.99. The monoisotopic (exact) mass is 272 g/mol. The Hall–Kier alpha value is -1.88. The maximum Gasteiger partial charge on any atom is 0.202 e. The first kappa shape index (κ1) is 12.2. The van der Waals surface area contributed by atoms with Gasteiger partial charge in [0.05, 0.1) is 6.54 Å². The summed E-state index contributed by atoms with van der Waals surface area (Å²) in [6, 6.07) is 6.11. The van der Waals surface area contributed by atoms with Gasteiger partial charge in [-0.2, -0.15) is 0 Å². The smallest absolute Gasteiger partial charge is 0.202 e. The summed E-state index contributed by atoms with van der Waals surface area (Å²) in [5.41, 5.74) is 10.1. The van der Waals surface area contributed by atoms with Crippen molar-refractivity contribution in [2.24, 2.45) is 0 Å². The molecule has 2 N–H and O–H groups in total. The second kappa shape index (κ2) is 4.66. The lowest BCUT2D eigenvalue weighted by molar-refractivity contribution is 0.829. The van der Waals surface area contributed by atoms with Crippen molar-refractivity contribution in [2.75, 3.05) is 5.73 Å². The van der Waals surface area contributed by atoms with E-state index in [0.29, 0.717) is 5.95 Å². The van der Waals surface area contributed by atoms with Crippen LogP contribution < -0.4 is 5.73 Å². The number of nitrogen functional groups attached to an aromatic ring is 1. The van der Waals surface area contributed by atoms with Crippen LogP contribution in [0.3, 0.4) is 0 Å². The Morgan fingerprint density at radius 3 is 2.89 bits per heavy atom. The van der Waals surface area contributed by atoms with Crippen molar-refractivity contribution in [1.29, 1.82) is 0 Å². The van der Waals surface area contributed by atoms with Crippen LogP contribution in [0.4, 0.5) is 5.95 Å². The van der Waals surface area contributed by atoms with Crippen LogP contribution in [0.5, 0.6) is 0 Å². The lowest BCUT2D eigenvalue weighted by Gasteiger charge is -2.06. The number of aryl methyl sites for hydroxylation is 2. The van der Waals surface area contributed by atoms with Gasteiger partial charge in [0, 0.05) is 10.6 Å². The van der Waals surface area contributed by atoms with Gasteiger partial charge in [-0.15, -0.1) is 11.3 Å². The van der Waals surface area contributed by atoms with Crippen molar-refractivity contribution >= 4 is 28.4 Å². The first-order valence-corrected chi connectivity index (χ1v) is 7.21. The number of hydrogen-bond donors (Lipinski definition) is 1. The molecule has 3 aromatic heterocycles.